The van der Waals surface area contributed by atoms with Crippen molar-refractivity contribution in [3.63, 3.8) is 0 Å². The molecule has 0 amide bonds. The van der Waals surface area contributed by atoms with Crippen LogP contribution in [0.15, 0.2) is 77.3 Å². The minimum absolute atomic E-state index is 0.138. The van der Waals surface area contributed by atoms with Crippen LogP contribution in [-0.4, -0.2) is 12.2 Å². The van der Waals surface area contributed by atoms with Gasteiger partial charge in [0.2, 0.25) is 0 Å². The van der Waals surface area contributed by atoms with Crippen LogP contribution in [0.4, 0.5) is 10.1 Å². The molecule has 140 valence electrons. The van der Waals surface area contributed by atoms with E-state index in [-0.39, 0.29) is 11.9 Å². The first-order chi connectivity index (χ1) is 13.0. The predicted molar refractivity (Wildman–Crippen MR) is 109 cm³/mol. The smallest absolute Gasteiger partial charge is 0.123 e. The van der Waals surface area contributed by atoms with Crippen LogP contribution in [0.25, 0.3) is 0 Å². The van der Waals surface area contributed by atoms with E-state index in [9.17, 15) is 9.50 Å². The third-order valence-corrected chi connectivity index (χ3v) is 4.95. The number of rotatable bonds is 7. The normalized spacial score (nSPS) is 13.0. The monoisotopic (exact) mass is 429 g/mol. The highest BCUT2D eigenvalue weighted by Gasteiger charge is 2.18. The van der Waals surface area contributed by atoms with Gasteiger partial charge in [-0.1, -0.05) is 40.2 Å². The molecule has 3 aromatic carbocycles. The lowest BCUT2D eigenvalue weighted by Gasteiger charge is -2.24. The molecule has 5 heteroatoms. The topological polar surface area (TPSA) is 41.5 Å². The lowest BCUT2D eigenvalue weighted by Crippen LogP contribution is -2.15. The van der Waals surface area contributed by atoms with Crippen molar-refractivity contribution in [2.75, 3.05) is 12.4 Å². The van der Waals surface area contributed by atoms with E-state index >= 15 is 0 Å². The van der Waals surface area contributed by atoms with Crippen LogP contribution >= 0.6 is 15.9 Å². The van der Waals surface area contributed by atoms with E-state index in [0.717, 1.165) is 27.0 Å². The van der Waals surface area contributed by atoms with Gasteiger partial charge in [-0.2, -0.15) is 0 Å². The summed E-state index contributed by atoms with van der Waals surface area (Å²) in [6.07, 6.45) is -0.191. The summed E-state index contributed by atoms with van der Waals surface area (Å²) in [5, 5.41) is 14.1. The van der Waals surface area contributed by atoms with Crippen LogP contribution in [0.3, 0.4) is 0 Å². The first kappa shape index (κ1) is 19.4. The Morgan fingerprint density at radius 2 is 1.52 bits per heavy atom. The van der Waals surface area contributed by atoms with Crippen LogP contribution in [0.5, 0.6) is 5.75 Å². The van der Waals surface area contributed by atoms with Crippen LogP contribution in [0, 0.1) is 5.82 Å². The van der Waals surface area contributed by atoms with Gasteiger partial charge in [-0.05, 0) is 59.7 Å². The summed E-state index contributed by atoms with van der Waals surface area (Å²) in [6, 6.07) is 21.4. The summed E-state index contributed by atoms with van der Waals surface area (Å²) < 4.78 is 19.4. The van der Waals surface area contributed by atoms with E-state index < -0.39 is 6.10 Å². The largest absolute Gasteiger partial charge is 0.497 e. The molecule has 0 bridgehead atoms. The first-order valence-electron chi connectivity index (χ1n) is 8.65. The van der Waals surface area contributed by atoms with Gasteiger partial charge in [0, 0.05) is 16.6 Å². The van der Waals surface area contributed by atoms with Crippen molar-refractivity contribution in [1.29, 1.82) is 0 Å². The van der Waals surface area contributed by atoms with Crippen molar-refractivity contribution >= 4 is 21.6 Å². The fourth-order valence-corrected chi connectivity index (χ4v) is 3.17. The van der Waals surface area contributed by atoms with E-state index in [0.29, 0.717) is 6.42 Å². The maximum Gasteiger partial charge on any atom is 0.123 e. The Balaban J connectivity index is 1.81. The first-order valence-corrected chi connectivity index (χ1v) is 9.44. The molecular formula is C22H21BrFNO2. The van der Waals surface area contributed by atoms with Gasteiger partial charge < -0.3 is 15.2 Å². The molecule has 0 radical (unpaired) electrons. The highest BCUT2D eigenvalue weighted by atomic mass is 79.9. The molecule has 27 heavy (non-hydrogen) atoms. The Morgan fingerprint density at radius 1 is 0.926 bits per heavy atom. The van der Waals surface area contributed by atoms with Gasteiger partial charge in [0.15, 0.2) is 0 Å². The molecule has 2 unspecified atom stereocenters. The van der Waals surface area contributed by atoms with E-state index in [2.05, 4.69) is 21.2 Å². The number of anilines is 1. The standard InChI is InChI=1S/C22H21BrFNO2/c1-27-20-12-4-16(5-13-20)22(26)14-21(15-2-6-17(23)7-3-15)25-19-10-8-18(24)9-11-19/h2-13,21-22,25-26H,14H2,1H3. The Hall–Kier alpha value is -2.37. The van der Waals surface area contributed by atoms with Gasteiger partial charge >= 0.3 is 0 Å². The lowest BCUT2D eigenvalue weighted by molar-refractivity contribution is 0.160. The Morgan fingerprint density at radius 3 is 2.11 bits per heavy atom. The quantitative estimate of drug-likeness (QED) is 0.493. The average molecular weight is 430 g/mol. The number of halogens is 2. The minimum atomic E-state index is -0.655. The minimum Gasteiger partial charge on any atom is -0.497 e. The maximum absolute atomic E-state index is 13.2. The molecular weight excluding hydrogens is 409 g/mol. The number of hydrogen-bond acceptors (Lipinski definition) is 3. The molecule has 3 aromatic rings. The van der Waals surface area contributed by atoms with Crippen molar-refractivity contribution in [2.45, 2.75) is 18.6 Å². The zero-order valence-electron chi connectivity index (χ0n) is 14.9. The fraction of sp³-hybridized carbons (Fsp3) is 0.182. The fourth-order valence-electron chi connectivity index (χ4n) is 2.91. The molecule has 0 heterocycles. The van der Waals surface area contributed by atoms with Crippen LogP contribution in [0.1, 0.15) is 29.7 Å². The zero-order chi connectivity index (χ0) is 19.2. The van der Waals surface area contributed by atoms with Crippen molar-refractivity contribution in [3.05, 3.63) is 94.2 Å². The van der Waals surface area contributed by atoms with Gasteiger partial charge in [0.25, 0.3) is 0 Å². The van der Waals surface area contributed by atoms with Crippen LogP contribution < -0.4 is 10.1 Å². The molecule has 0 fully saturated rings. The second-order valence-corrected chi connectivity index (χ2v) is 7.20. The Kier molecular flexibility index (Phi) is 6.48. The number of aliphatic hydroxyl groups excluding tert-OH is 1. The third-order valence-electron chi connectivity index (χ3n) is 4.42. The van der Waals surface area contributed by atoms with Crippen LogP contribution in [0.2, 0.25) is 0 Å². The second kappa shape index (κ2) is 9.02. The number of methoxy groups -OCH3 is 1. The lowest BCUT2D eigenvalue weighted by atomic mass is 9.96. The maximum atomic E-state index is 13.2. The summed E-state index contributed by atoms with van der Waals surface area (Å²) in [5.41, 5.74) is 2.65. The SMILES string of the molecule is COc1ccc(C(O)CC(Nc2ccc(F)cc2)c2ccc(Br)cc2)cc1. The molecule has 0 aliphatic carbocycles. The summed E-state index contributed by atoms with van der Waals surface area (Å²) in [6.45, 7) is 0. The molecule has 0 saturated heterocycles. The summed E-state index contributed by atoms with van der Waals surface area (Å²) in [4.78, 5) is 0. The molecule has 3 rings (SSSR count). The number of ether oxygens (including phenoxy) is 1. The molecule has 0 aromatic heterocycles. The number of hydrogen-bond donors (Lipinski definition) is 2. The van der Waals surface area contributed by atoms with Gasteiger partial charge in [-0.15, -0.1) is 0 Å². The van der Waals surface area contributed by atoms with Crippen molar-refractivity contribution < 1.29 is 14.2 Å². The Bertz CT molecular complexity index is 851. The summed E-state index contributed by atoms with van der Waals surface area (Å²) in [7, 11) is 1.61. The summed E-state index contributed by atoms with van der Waals surface area (Å²) >= 11 is 3.45. The molecule has 0 aliphatic rings. The van der Waals surface area contributed by atoms with Crippen molar-refractivity contribution in [1.82, 2.24) is 0 Å². The average Bonchev–Trinajstić information content (AvgIpc) is 2.70. The van der Waals surface area contributed by atoms with Crippen LogP contribution in [-0.2, 0) is 0 Å². The number of nitrogens with one attached hydrogen (secondary N) is 1. The van der Waals surface area contributed by atoms with Gasteiger partial charge in [0.05, 0.1) is 19.3 Å². The third kappa shape index (κ3) is 5.31. The molecule has 0 saturated carbocycles. The van der Waals surface area contributed by atoms with Gasteiger partial charge in [-0.3, -0.25) is 0 Å². The van der Waals surface area contributed by atoms with Gasteiger partial charge in [-0.25, -0.2) is 4.39 Å². The van der Waals surface area contributed by atoms with E-state index in [1.165, 1.54) is 12.1 Å². The highest BCUT2D eigenvalue weighted by molar-refractivity contribution is 9.10. The van der Waals surface area contributed by atoms with E-state index in [4.69, 9.17) is 4.74 Å². The molecule has 2 N–H and O–H groups in total. The van der Waals surface area contributed by atoms with E-state index in [1.807, 2.05) is 48.5 Å². The van der Waals surface area contributed by atoms with Crippen molar-refractivity contribution in [3.8, 4) is 5.75 Å². The molecule has 0 aliphatic heterocycles. The van der Waals surface area contributed by atoms with Gasteiger partial charge in [0.1, 0.15) is 11.6 Å². The Labute approximate surface area is 166 Å². The molecule has 3 nitrogen and oxygen atoms in total. The summed E-state index contributed by atoms with van der Waals surface area (Å²) in [5.74, 6) is 0.471. The molecule has 2 atom stereocenters. The van der Waals surface area contributed by atoms with Crippen molar-refractivity contribution in [2.24, 2.45) is 0 Å². The zero-order valence-corrected chi connectivity index (χ0v) is 16.5. The number of aliphatic hydroxyl groups is 1. The van der Waals surface area contributed by atoms with E-state index in [1.54, 1.807) is 19.2 Å². The number of benzene rings is 3. The predicted octanol–water partition coefficient (Wildman–Crippen LogP) is 5.87. The second-order valence-electron chi connectivity index (χ2n) is 6.28. The highest BCUT2D eigenvalue weighted by Crippen LogP contribution is 2.31. The molecule has 0 spiro atoms.